The molecule has 0 amide bonds. The van der Waals surface area contributed by atoms with Crippen molar-refractivity contribution in [2.75, 3.05) is 0 Å². The molecule has 0 unspecified atom stereocenters. The number of hydrogen-bond acceptors (Lipinski definition) is 6. The molecule has 26 heavy (non-hydrogen) atoms. The number of thiophene rings is 1. The van der Waals surface area contributed by atoms with E-state index in [4.69, 9.17) is 4.98 Å². The van der Waals surface area contributed by atoms with E-state index in [0.29, 0.717) is 0 Å². The maximum absolute atomic E-state index is 4.91. The lowest BCUT2D eigenvalue weighted by Gasteiger charge is -2.09. The minimum absolute atomic E-state index is 0.762. The van der Waals surface area contributed by atoms with E-state index in [-0.39, 0.29) is 0 Å². The predicted octanol–water partition coefficient (Wildman–Crippen LogP) is 4.92. The van der Waals surface area contributed by atoms with Crippen LogP contribution in [0.15, 0.2) is 65.5 Å². The molecule has 4 heterocycles. The first-order chi connectivity index (χ1) is 12.9. The first-order valence-corrected chi connectivity index (χ1v) is 9.94. The Bertz CT molecular complexity index is 1200. The third-order valence-corrected chi connectivity index (χ3v) is 5.99. The van der Waals surface area contributed by atoms with E-state index >= 15 is 0 Å². The maximum atomic E-state index is 4.91. The quantitative estimate of drug-likeness (QED) is 0.357. The lowest BCUT2D eigenvalue weighted by molar-refractivity contribution is 1.08. The van der Waals surface area contributed by atoms with Crippen molar-refractivity contribution in [3.05, 3.63) is 66.1 Å². The Morgan fingerprint density at radius 3 is 2.88 bits per heavy atom. The van der Waals surface area contributed by atoms with Gasteiger partial charge >= 0.3 is 0 Å². The van der Waals surface area contributed by atoms with Gasteiger partial charge in [0, 0.05) is 11.3 Å². The number of H-pyrrole nitrogens is 1. The van der Waals surface area contributed by atoms with Crippen molar-refractivity contribution < 1.29 is 0 Å². The molecule has 0 radical (unpaired) electrons. The second kappa shape index (κ2) is 6.51. The van der Waals surface area contributed by atoms with Crippen molar-refractivity contribution in [1.29, 1.82) is 0 Å². The summed E-state index contributed by atoms with van der Waals surface area (Å²) < 4.78 is 1.20. The van der Waals surface area contributed by atoms with Crippen LogP contribution in [0.3, 0.4) is 0 Å². The molecule has 0 aliphatic rings. The van der Waals surface area contributed by atoms with Gasteiger partial charge in [0.1, 0.15) is 16.9 Å². The molecule has 0 fully saturated rings. The number of hydrogen-bond donors (Lipinski definition) is 1. The molecule has 0 saturated heterocycles. The molecule has 1 N–H and O–H groups in total. The Hall–Kier alpha value is -2.77. The van der Waals surface area contributed by atoms with Gasteiger partial charge in [0.15, 0.2) is 5.65 Å². The SMILES string of the molecule is c1ccc(-c2nc3ccsc3cc2CSc2ncnc3[nH]cnc23)cc1. The molecule has 0 atom stereocenters. The number of aromatic nitrogens is 5. The number of fused-ring (bicyclic) bond motifs is 2. The van der Waals surface area contributed by atoms with Gasteiger partial charge in [0.2, 0.25) is 0 Å². The third-order valence-electron chi connectivity index (χ3n) is 4.11. The van der Waals surface area contributed by atoms with Gasteiger partial charge in [-0.15, -0.1) is 11.3 Å². The van der Waals surface area contributed by atoms with Crippen LogP contribution >= 0.6 is 23.1 Å². The fourth-order valence-corrected chi connectivity index (χ4v) is 4.59. The van der Waals surface area contributed by atoms with Gasteiger partial charge in [-0.25, -0.2) is 19.9 Å². The van der Waals surface area contributed by atoms with Crippen molar-refractivity contribution in [3.63, 3.8) is 0 Å². The molecular weight excluding hydrogens is 362 g/mol. The molecule has 0 aliphatic heterocycles. The van der Waals surface area contributed by atoms with E-state index in [1.54, 1.807) is 35.8 Å². The third kappa shape index (κ3) is 2.75. The van der Waals surface area contributed by atoms with Crippen molar-refractivity contribution >= 4 is 44.5 Å². The summed E-state index contributed by atoms with van der Waals surface area (Å²) in [4.78, 5) is 20.9. The molecule has 0 saturated carbocycles. The second-order valence-electron chi connectivity index (χ2n) is 5.73. The van der Waals surface area contributed by atoms with Crippen molar-refractivity contribution in [1.82, 2.24) is 24.9 Å². The van der Waals surface area contributed by atoms with Gasteiger partial charge in [-0.2, -0.15) is 0 Å². The molecule has 5 nitrogen and oxygen atoms in total. The Kier molecular flexibility index (Phi) is 3.88. The smallest absolute Gasteiger partial charge is 0.161 e. The molecule has 1 aromatic carbocycles. The first-order valence-electron chi connectivity index (χ1n) is 8.08. The van der Waals surface area contributed by atoms with Gasteiger partial charge in [0.05, 0.1) is 22.2 Å². The zero-order chi connectivity index (χ0) is 17.3. The molecular formula is C19H13N5S2. The van der Waals surface area contributed by atoms with E-state index in [1.165, 1.54) is 10.3 Å². The first kappa shape index (κ1) is 15.5. The highest BCUT2D eigenvalue weighted by Crippen LogP contribution is 2.33. The van der Waals surface area contributed by atoms with Crippen LogP contribution in [-0.4, -0.2) is 24.9 Å². The second-order valence-corrected chi connectivity index (χ2v) is 7.65. The number of nitrogens with one attached hydrogen (secondary N) is 1. The Morgan fingerprint density at radius 2 is 1.96 bits per heavy atom. The zero-order valence-corrected chi connectivity index (χ0v) is 15.2. The zero-order valence-electron chi connectivity index (χ0n) is 13.6. The number of rotatable bonds is 4. The predicted molar refractivity (Wildman–Crippen MR) is 106 cm³/mol. The Morgan fingerprint density at radius 1 is 1.04 bits per heavy atom. The summed E-state index contributed by atoms with van der Waals surface area (Å²) in [6, 6.07) is 14.6. The van der Waals surface area contributed by atoms with Crippen molar-refractivity contribution in [3.8, 4) is 11.3 Å². The fraction of sp³-hybridized carbons (Fsp3) is 0.0526. The molecule has 5 rings (SSSR count). The lowest BCUT2D eigenvalue weighted by atomic mass is 10.1. The van der Waals surface area contributed by atoms with Gasteiger partial charge in [0.25, 0.3) is 0 Å². The van der Waals surface area contributed by atoms with Crippen molar-refractivity contribution in [2.24, 2.45) is 0 Å². The van der Waals surface area contributed by atoms with Gasteiger partial charge in [-0.3, -0.25) is 0 Å². The summed E-state index contributed by atoms with van der Waals surface area (Å²) >= 11 is 3.37. The molecule has 126 valence electrons. The van der Waals surface area contributed by atoms with Crippen LogP contribution in [0.25, 0.3) is 32.6 Å². The largest absolute Gasteiger partial charge is 0.329 e. The van der Waals surface area contributed by atoms with Crippen LogP contribution in [-0.2, 0) is 5.75 Å². The lowest BCUT2D eigenvalue weighted by Crippen LogP contribution is -1.93. The number of nitrogens with zero attached hydrogens (tertiary/aromatic N) is 4. The number of aromatic amines is 1. The fourth-order valence-electron chi connectivity index (χ4n) is 2.88. The van der Waals surface area contributed by atoms with Crippen LogP contribution in [0.1, 0.15) is 5.56 Å². The topological polar surface area (TPSA) is 67.3 Å². The minimum atomic E-state index is 0.762. The average Bonchev–Trinajstić information content (AvgIpc) is 3.35. The highest BCUT2D eigenvalue weighted by molar-refractivity contribution is 7.98. The molecule has 0 aliphatic carbocycles. The van der Waals surface area contributed by atoms with Crippen LogP contribution in [0.2, 0.25) is 0 Å². The van der Waals surface area contributed by atoms with E-state index in [9.17, 15) is 0 Å². The van der Waals surface area contributed by atoms with Crippen LogP contribution in [0.5, 0.6) is 0 Å². The highest BCUT2D eigenvalue weighted by Gasteiger charge is 2.13. The van der Waals surface area contributed by atoms with Crippen LogP contribution in [0, 0.1) is 0 Å². The maximum Gasteiger partial charge on any atom is 0.161 e. The van der Waals surface area contributed by atoms with Gasteiger partial charge in [-0.05, 0) is 23.1 Å². The number of thioether (sulfide) groups is 1. The van der Waals surface area contributed by atoms with Crippen LogP contribution in [0.4, 0.5) is 0 Å². The van der Waals surface area contributed by atoms with E-state index in [2.05, 4.69) is 49.6 Å². The number of benzene rings is 1. The summed E-state index contributed by atoms with van der Waals surface area (Å²) in [6.07, 6.45) is 3.22. The summed E-state index contributed by atoms with van der Waals surface area (Å²) in [7, 11) is 0. The van der Waals surface area contributed by atoms with E-state index < -0.39 is 0 Å². The molecule has 7 heteroatoms. The monoisotopic (exact) mass is 375 g/mol. The summed E-state index contributed by atoms with van der Waals surface area (Å²) in [5, 5.41) is 2.96. The Balaban J connectivity index is 1.56. The molecule has 0 spiro atoms. The molecule has 4 aromatic heterocycles. The number of imidazole rings is 1. The Labute approximate surface area is 157 Å². The molecule has 0 bridgehead atoms. The average molecular weight is 375 g/mol. The minimum Gasteiger partial charge on any atom is -0.329 e. The van der Waals surface area contributed by atoms with Crippen LogP contribution < -0.4 is 0 Å². The summed E-state index contributed by atoms with van der Waals surface area (Å²) in [5.41, 5.74) is 5.96. The normalized spacial score (nSPS) is 11.4. The van der Waals surface area contributed by atoms with Crippen molar-refractivity contribution in [2.45, 2.75) is 10.8 Å². The summed E-state index contributed by atoms with van der Waals surface area (Å²) in [6.45, 7) is 0. The van der Waals surface area contributed by atoms with Gasteiger partial charge < -0.3 is 4.98 Å². The van der Waals surface area contributed by atoms with E-state index in [0.717, 1.165) is 38.7 Å². The highest BCUT2D eigenvalue weighted by atomic mass is 32.2. The van der Waals surface area contributed by atoms with E-state index in [1.807, 2.05) is 18.2 Å². The van der Waals surface area contributed by atoms with Gasteiger partial charge in [-0.1, -0.05) is 42.1 Å². The molecule has 5 aromatic rings. The standard InChI is InChI=1S/C19H13N5S2/c1-2-4-12(5-3-1)16-13(8-15-14(24-16)6-7-25-15)9-26-19-17-18(21-10-20-17)22-11-23-19/h1-8,10-11H,9H2,(H,20,21,22,23). The number of pyridine rings is 1. The summed E-state index contributed by atoms with van der Waals surface area (Å²) in [5.74, 6) is 0.768.